The van der Waals surface area contributed by atoms with E-state index in [9.17, 15) is 9.59 Å². The molecule has 1 atom stereocenters. The first-order chi connectivity index (χ1) is 14.1. The van der Waals surface area contributed by atoms with Crippen LogP contribution in [0, 0.1) is 5.92 Å². The van der Waals surface area contributed by atoms with E-state index in [0.29, 0.717) is 19.5 Å². The van der Waals surface area contributed by atoms with Crippen molar-refractivity contribution in [2.75, 3.05) is 50.7 Å². The molecule has 2 aliphatic heterocycles. The van der Waals surface area contributed by atoms with Gasteiger partial charge in [0.25, 0.3) is 0 Å². The summed E-state index contributed by atoms with van der Waals surface area (Å²) >= 11 is 0. The number of nitrogens with one attached hydrogen (secondary N) is 1. The number of carbonyl (C=O) groups is 2. The molecule has 2 aliphatic rings. The first-order valence-electron chi connectivity index (χ1n) is 11.2. The molecule has 3 rings (SSSR count). The summed E-state index contributed by atoms with van der Waals surface area (Å²) in [5, 5.41) is 3.06. The molecule has 1 aromatic carbocycles. The van der Waals surface area contributed by atoms with Crippen molar-refractivity contribution in [2.24, 2.45) is 5.92 Å². The second-order valence-electron chi connectivity index (χ2n) is 8.23. The highest BCUT2D eigenvalue weighted by atomic mass is 16.2. The molecule has 160 valence electrons. The second-order valence-corrected chi connectivity index (χ2v) is 8.23. The van der Waals surface area contributed by atoms with Crippen molar-refractivity contribution in [2.45, 2.75) is 45.6 Å². The van der Waals surface area contributed by atoms with Gasteiger partial charge in [0.2, 0.25) is 11.8 Å². The maximum Gasteiger partial charge on any atom is 0.225 e. The summed E-state index contributed by atoms with van der Waals surface area (Å²) < 4.78 is 0. The lowest BCUT2D eigenvalue weighted by atomic mass is 10.1. The molecule has 2 fully saturated rings. The van der Waals surface area contributed by atoms with Crippen molar-refractivity contribution in [3.05, 3.63) is 30.3 Å². The molecule has 0 aromatic heterocycles. The number of hydrogen-bond acceptors (Lipinski definition) is 4. The molecule has 0 bridgehead atoms. The smallest absolute Gasteiger partial charge is 0.225 e. The highest BCUT2D eigenvalue weighted by Gasteiger charge is 2.36. The lowest BCUT2D eigenvalue weighted by Gasteiger charge is -2.36. The Morgan fingerprint density at radius 2 is 1.79 bits per heavy atom. The lowest BCUT2D eigenvalue weighted by Crippen LogP contribution is -2.47. The van der Waals surface area contributed by atoms with Crippen molar-refractivity contribution in [1.29, 1.82) is 0 Å². The van der Waals surface area contributed by atoms with Gasteiger partial charge in [0.05, 0.1) is 5.92 Å². The van der Waals surface area contributed by atoms with Gasteiger partial charge in [-0.05, 0) is 37.9 Å². The second kappa shape index (κ2) is 10.6. The van der Waals surface area contributed by atoms with Crippen molar-refractivity contribution < 1.29 is 9.59 Å². The van der Waals surface area contributed by atoms with Crippen LogP contribution in [0.15, 0.2) is 30.3 Å². The van der Waals surface area contributed by atoms with Crippen LogP contribution in [0.1, 0.15) is 39.5 Å². The molecule has 6 heteroatoms. The average Bonchev–Trinajstić information content (AvgIpc) is 3.15. The van der Waals surface area contributed by atoms with E-state index in [4.69, 9.17) is 0 Å². The summed E-state index contributed by atoms with van der Waals surface area (Å²) in [4.78, 5) is 31.5. The Hall–Kier alpha value is -2.08. The van der Waals surface area contributed by atoms with Crippen molar-refractivity contribution in [1.82, 2.24) is 15.1 Å². The SMILES string of the molecule is CCC(CC)N1CC(C(=O)NCCCN2CCN(c3ccccc3)CC2)CC1=O. The Kier molecular flexibility index (Phi) is 7.92. The van der Waals surface area contributed by atoms with Gasteiger partial charge in [-0.25, -0.2) is 0 Å². The van der Waals surface area contributed by atoms with E-state index < -0.39 is 0 Å². The van der Waals surface area contributed by atoms with E-state index in [2.05, 4.69) is 59.3 Å². The predicted molar refractivity (Wildman–Crippen MR) is 117 cm³/mol. The minimum Gasteiger partial charge on any atom is -0.369 e. The summed E-state index contributed by atoms with van der Waals surface area (Å²) in [5.41, 5.74) is 1.30. The van der Waals surface area contributed by atoms with E-state index in [0.717, 1.165) is 52.0 Å². The van der Waals surface area contributed by atoms with Crippen LogP contribution >= 0.6 is 0 Å². The minimum atomic E-state index is -0.183. The quantitative estimate of drug-likeness (QED) is 0.647. The van der Waals surface area contributed by atoms with Crippen LogP contribution in [-0.2, 0) is 9.59 Å². The van der Waals surface area contributed by atoms with Gasteiger partial charge in [-0.2, -0.15) is 0 Å². The summed E-state index contributed by atoms with van der Waals surface area (Å²) in [6.45, 7) is 10.7. The Morgan fingerprint density at radius 3 is 2.45 bits per heavy atom. The van der Waals surface area contributed by atoms with Crippen LogP contribution in [0.4, 0.5) is 5.69 Å². The van der Waals surface area contributed by atoms with Crippen LogP contribution in [0.3, 0.4) is 0 Å². The highest BCUT2D eigenvalue weighted by Crippen LogP contribution is 2.23. The van der Waals surface area contributed by atoms with Gasteiger partial charge < -0.3 is 15.1 Å². The number of piperazine rings is 1. The van der Waals surface area contributed by atoms with E-state index in [1.807, 2.05) is 4.90 Å². The van der Waals surface area contributed by atoms with Crippen molar-refractivity contribution in [3.63, 3.8) is 0 Å². The molecule has 0 radical (unpaired) electrons. The van der Waals surface area contributed by atoms with E-state index in [1.165, 1.54) is 5.69 Å². The maximum absolute atomic E-state index is 12.5. The normalized spacial score (nSPS) is 20.5. The summed E-state index contributed by atoms with van der Waals surface area (Å²) in [5.74, 6) is -0.00615. The van der Waals surface area contributed by atoms with Gasteiger partial charge >= 0.3 is 0 Å². The lowest BCUT2D eigenvalue weighted by molar-refractivity contribution is -0.130. The minimum absolute atomic E-state index is 0.0423. The van der Waals surface area contributed by atoms with Gasteiger partial charge in [0.1, 0.15) is 0 Å². The number of amides is 2. The monoisotopic (exact) mass is 400 g/mol. The zero-order valence-electron chi connectivity index (χ0n) is 18.0. The zero-order valence-corrected chi connectivity index (χ0v) is 18.0. The topological polar surface area (TPSA) is 55.9 Å². The predicted octanol–water partition coefficient (Wildman–Crippen LogP) is 2.35. The number of likely N-dealkylation sites (tertiary alicyclic amines) is 1. The molecule has 1 aromatic rings. The molecule has 1 unspecified atom stereocenters. The third kappa shape index (κ3) is 5.72. The molecular formula is C23H36N4O2. The van der Waals surface area contributed by atoms with Crippen molar-refractivity contribution in [3.8, 4) is 0 Å². The summed E-state index contributed by atoms with van der Waals surface area (Å²) in [6, 6.07) is 10.8. The van der Waals surface area contributed by atoms with E-state index >= 15 is 0 Å². The molecule has 2 amide bonds. The molecule has 0 aliphatic carbocycles. The molecule has 2 saturated heterocycles. The Morgan fingerprint density at radius 1 is 1.10 bits per heavy atom. The van der Waals surface area contributed by atoms with Crippen LogP contribution in [-0.4, -0.2) is 73.5 Å². The van der Waals surface area contributed by atoms with E-state index in [1.54, 1.807) is 0 Å². The molecule has 29 heavy (non-hydrogen) atoms. The fraction of sp³-hybridized carbons (Fsp3) is 0.652. The first kappa shape index (κ1) is 21.6. The molecular weight excluding hydrogens is 364 g/mol. The number of nitrogens with zero attached hydrogens (tertiary/aromatic N) is 3. The number of rotatable bonds is 9. The average molecular weight is 401 g/mol. The third-order valence-electron chi connectivity index (χ3n) is 6.36. The molecule has 1 N–H and O–H groups in total. The van der Waals surface area contributed by atoms with Crippen LogP contribution in [0.5, 0.6) is 0 Å². The number of hydrogen-bond donors (Lipinski definition) is 1. The maximum atomic E-state index is 12.5. The Labute approximate surface area is 175 Å². The number of benzene rings is 1. The van der Waals surface area contributed by atoms with Crippen LogP contribution < -0.4 is 10.2 Å². The van der Waals surface area contributed by atoms with Crippen LogP contribution in [0.2, 0.25) is 0 Å². The highest BCUT2D eigenvalue weighted by molar-refractivity contribution is 5.89. The van der Waals surface area contributed by atoms with Gasteiger partial charge in [0, 0.05) is 57.4 Å². The van der Waals surface area contributed by atoms with E-state index in [-0.39, 0.29) is 23.8 Å². The number of carbonyl (C=O) groups excluding carboxylic acids is 2. The zero-order chi connectivity index (χ0) is 20.6. The number of para-hydroxylation sites is 1. The Bertz CT molecular complexity index is 654. The Balaban J connectivity index is 1.32. The third-order valence-corrected chi connectivity index (χ3v) is 6.36. The van der Waals surface area contributed by atoms with Crippen LogP contribution in [0.25, 0.3) is 0 Å². The molecule has 6 nitrogen and oxygen atoms in total. The molecule has 0 spiro atoms. The van der Waals surface area contributed by atoms with Gasteiger partial charge in [-0.1, -0.05) is 32.0 Å². The largest absolute Gasteiger partial charge is 0.369 e. The molecule has 0 saturated carbocycles. The molecule has 2 heterocycles. The van der Waals surface area contributed by atoms with Crippen molar-refractivity contribution >= 4 is 17.5 Å². The fourth-order valence-electron chi connectivity index (χ4n) is 4.52. The van der Waals surface area contributed by atoms with Gasteiger partial charge in [-0.3, -0.25) is 14.5 Å². The fourth-order valence-corrected chi connectivity index (χ4v) is 4.52. The number of anilines is 1. The summed E-state index contributed by atoms with van der Waals surface area (Å²) in [7, 11) is 0. The van der Waals surface area contributed by atoms with Gasteiger partial charge in [0.15, 0.2) is 0 Å². The summed E-state index contributed by atoms with van der Waals surface area (Å²) in [6.07, 6.45) is 3.22. The standard InChI is InChI=1S/C23H36N4O2/c1-3-20(4-2)27-18-19(17-22(27)28)23(29)24-11-8-12-25-13-15-26(16-14-25)21-9-6-5-7-10-21/h5-7,9-10,19-20H,3-4,8,11-18H2,1-2H3,(H,24,29). The van der Waals surface area contributed by atoms with Gasteiger partial charge in [-0.15, -0.1) is 0 Å². The first-order valence-corrected chi connectivity index (χ1v) is 11.2.